The Hall–Kier alpha value is -3.15. The first-order valence-electron chi connectivity index (χ1n) is 13.2. The highest BCUT2D eigenvalue weighted by molar-refractivity contribution is 7.89. The molecule has 0 spiro atoms. The molecule has 2 aromatic rings. The summed E-state index contributed by atoms with van der Waals surface area (Å²) >= 11 is 0. The minimum absolute atomic E-state index is 0.0739. The van der Waals surface area contributed by atoms with Gasteiger partial charge in [0.25, 0.3) is 5.91 Å². The topological polar surface area (TPSA) is 151 Å². The first kappa shape index (κ1) is 30.4. The van der Waals surface area contributed by atoms with Gasteiger partial charge in [0.05, 0.1) is 17.0 Å². The van der Waals surface area contributed by atoms with Crippen LogP contribution >= 0.6 is 0 Å². The quantitative estimate of drug-likeness (QED) is 0.270. The highest BCUT2D eigenvalue weighted by Crippen LogP contribution is 2.21. The van der Waals surface area contributed by atoms with E-state index in [0.717, 1.165) is 5.56 Å². The van der Waals surface area contributed by atoms with Crippen molar-refractivity contribution >= 4 is 27.5 Å². The van der Waals surface area contributed by atoms with E-state index in [1.165, 1.54) is 28.6 Å². The normalized spacial score (nSPS) is 19.6. The molecular formula is C28H40N4O6S. The lowest BCUT2D eigenvalue weighted by molar-refractivity contribution is -0.131. The standard InChI is InChI=1S/C28H40N4O6S/c1-18(2)13-14-32(39(36,37)23-11-7-21(29)8-12-23)16-25(33)24-15-20-5-9-22(10-6-20)38-17-26(34)31-27(19(3)4)28(35)30-24/h5-12,18-19,24-25,27,33H,13-17,29H2,1-4H3,(H,30,35)(H,31,34). The van der Waals surface area contributed by atoms with Crippen molar-refractivity contribution in [1.29, 1.82) is 0 Å². The average molecular weight is 561 g/mol. The predicted molar refractivity (Wildman–Crippen MR) is 149 cm³/mol. The van der Waals surface area contributed by atoms with Crippen LogP contribution in [0.25, 0.3) is 0 Å². The summed E-state index contributed by atoms with van der Waals surface area (Å²) in [5.41, 5.74) is 7.00. The highest BCUT2D eigenvalue weighted by atomic mass is 32.2. The molecule has 0 saturated carbocycles. The van der Waals surface area contributed by atoms with Crippen LogP contribution in [0, 0.1) is 11.8 Å². The molecule has 39 heavy (non-hydrogen) atoms. The van der Waals surface area contributed by atoms with Crippen LogP contribution in [-0.4, -0.2) is 67.5 Å². The van der Waals surface area contributed by atoms with Crippen molar-refractivity contribution in [1.82, 2.24) is 14.9 Å². The van der Waals surface area contributed by atoms with Crippen LogP contribution in [0.1, 0.15) is 39.7 Å². The number of aliphatic hydroxyl groups excluding tert-OH is 1. The van der Waals surface area contributed by atoms with Gasteiger partial charge in [-0.3, -0.25) is 9.59 Å². The van der Waals surface area contributed by atoms with Crippen molar-refractivity contribution in [2.75, 3.05) is 25.4 Å². The van der Waals surface area contributed by atoms with Crippen molar-refractivity contribution < 1.29 is 27.9 Å². The van der Waals surface area contributed by atoms with Crippen LogP contribution in [0.5, 0.6) is 5.75 Å². The van der Waals surface area contributed by atoms with Crippen molar-refractivity contribution in [2.45, 2.75) is 63.6 Å². The number of fused-ring (bicyclic) bond motifs is 10. The number of amides is 2. The van der Waals surface area contributed by atoms with Crippen LogP contribution in [0.15, 0.2) is 53.4 Å². The molecule has 0 fully saturated rings. The highest BCUT2D eigenvalue weighted by Gasteiger charge is 2.33. The summed E-state index contributed by atoms with van der Waals surface area (Å²) in [4.78, 5) is 25.8. The molecular weight excluding hydrogens is 520 g/mol. The van der Waals surface area contributed by atoms with E-state index in [2.05, 4.69) is 10.6 Å². The van der Waals surface area contributed by atoms with Gasteiger partial charge in [0.1, 0.15) is 11.8 Å². The third-order valence-corrected chi connectivity index (χ3v) is 8.55. The molecule has 0 aromatic heterocycles. The largest absolute Gasteiger partial charge is 0.484 e. The van der Waals surface area contributed by atoms with Crippen molar-refractivity contribution in [3.63, 3.8) is 0 Å². The van der Waals surface area contributed by atoms with E-state index < -0.39 is 40.0 Å². The predicted octanol–water partition coefficient (Wildman–Crippen LogP) is 1.93. The monoisotopic (exact) mass is 560 g/mol. The van der Waals surface area contributed by atoms with Gasteiger partial charge in [0, 0.05) is 18.8 Å². The molecule has 0 aliphatic carbocycles. The smallest absolute Gasteiger partial charge is 0.258 e. The molecule has 3 unspecified atom stereocenters. The maximum absolute atomic E-state index is 13.6. The number of rotatable bonds is 9. The van der Waals surface area contributed by atoms with Crippen LogP contribution < -0.4 is 21.1 Å². The maximum Gasteiger partial charge on any atom is 0.258 e. The van der Waals surface area contributed by atoms with Gasteiger partial charge < -0.3 is 26.2 Å². The molecule has 0 radical (unpaired) electrons. The Morgan fingerprint density at radius 2 is 1.67 bits per heavy atom. The molecule has 10 nitrogen and oxygen atoms in total. The van der Waals surface area contributed by atoms with E-state index in [4.69, 9.17) is 10.5 Å². The van der Waals surface area contributed by atoms with Gasteiger partial charge in [-0.05, 0) is 66.6 Å². The number of ether oxygens (including phenoxy) is 1. The number of aliphatic hydroxyl groups is 1. The van der Waals surface area contributed by atoms with E-state index in [1.807, 2.05) is 13.8 Å². The Kier molecular flexibility index (Phi) is 10.3. The number of nitrogens with one attached hydrogen (secondary N) is 2. The Morgan fingerprint density at radius 1 is 1.03 bits per heavy atom. The summed E-state index contributed by atoms with van der Waals surface area (Å²) in [6, 6.07) is 11.3. The second kappa shape index (κ2) is 13.3. The lowest BCUT2D eigenvalue weighted by atomic mass is 9.98. The van der Waals surface area contributed by atoms with Gasteiger partial charge in [-0.15, -0.1) is 0 Å². The summed E-state index contributed by atoms with van der Waals surface area (Å²) in [6.45, 7) is 7.32. The number of anilines is 1. The van der Waals surface area contributed by atoms with E-state index in [1.54, 1.807) is 38.1 Å². The summed E-state index contributed by atoms with van der Waals surface area (Å²) in [7, 11) is -3.95. The zero-order chi connectivity index (χ0) is 28.7. The lowest BCUT2D eigenvalue weighted by Crippen LogP contribution is -2.57. The maximum atomic E-state index is 13.6. The Labute approximate surface area is 231 Å². The number of benzene rings is 2. The molecule has 11 heteroatoms. The fourth-order valence-corrected chi connectivity index (χ4v) is 5.74. The summed E-state index contributed by atoms with van der Waals surface area (Å²) in [5.74, 6) is -0.419. The molecule has 3 atom stereocenters. The number of nitrogens with zero attached hydrogens (tertiary/aromatic N) is 1. The van der Waals surface area contributed by atoms with Crippen molar-refractivity contribution in [3.8, 4) is 5.75 Å². The third kappa shape index (κ3) is 8.42. The molecule has 2 bridgehead atoms. The first-order chi connectivity index (χ1) is 18.4. The van der Waals surface area contributed by atoms with Gasteiger partial charge in [-0.25, -0.2) is 8.42 Å². The average Bonchev–Trinajstić information content (AvgIpc) is 2.89. The zero-order valence-corrected chi connectivity index (χ0v) is 23.8. The second-order valence-corrected chi connectivity index (χ2v) is 12.7. The first-order valence-corrected chi connectivity index (χ1v) is 14.7. The molecule has 4 rings (SSSR count). The fraction of sp³-hybridized carbons (Fsp3) is 0.500. The number of nitrogen functional groups attached to an aromatic ring is 1. The van der Waals surface area contributed by atoms with E-state index in [0.29, 0.717) is 17.9 Å². The van der Waals surface area contributed by atoms with Gasteiger partial charge in [0.15, 0.2) is 6.61 Å². The molecule has 2 aliphatic rings. The SMILES string of the molecule is CC(C)CCN(CC(O)C1Cc2ccc(cc2)OCC(=O)NC(C(C)C)C(=O)N1)S(=O)(=O)c1ccc(N)cc1. The number of carbonyl (C=O) groups excluding carboxylic acids is 2. The number of carbonyl (C=O) groups is 2. The lowest BCUT2D eigenvalue weighted by Gasteiger charge is -2.31. The van der Waals surface area contributed by atoms with Crippen LogP contribution in [0.2, 0.25) is 0 Å². The van der Waals surface area contributed by atoms with Gasteiger partial charge in [-0.2, -0.15) is 4.31 Å². The molecule has 214 valence electrons. The van der Waals surface area contributed by atoms with Crippen molar-refractivity contribution in [3.05, 3.63) is 54.1 Å². The second-order valence-electron chi connectivity index (χ2n) is 10.7. The Morgan fingerprint density at radius 3 is 2.26 bits per heavy atom. The van der Waals surface area contributed by atoms with Gasteiger partial charge in [0.2, 0.25) is 15.9 Å². The van der Waals surface area contributed by atoms with Gasteiger partial charge >= 0.3 is 0 Å². The van der Waals surface area contributed by atoms with Crippen molar-refractivity contribution in [2.24, 2.45) is 11.8 Å². The summed E-state index contributed by atoms with van der Waals surface area (Å²) in [5, 5.41) is 17.0. The van der Waals surface area contributed by atoms with Crippen LogP contribution in [0.4, 0.5) is 5.69 Å². The molecule has 2 aliphatic heterocycles. The fourth-order valence-electron chi connectivity index (χ4n) is 4.27. The Bertz CT molecular complexity index is 1220. The minimum atomic E-state index is -3.95. The van der Waals surface area contributed by atoms with Gasteiger partial charge in [-0.1, -0.05) is 39.8 Å². The number of nitrogens with two attached hydrogens (primary N) is 1. The molecule has 2 amide bonds. The molecule has 2 heterocycles. The van der Waals surface area contributed by atoms with E-state index in [9.17, 15) is 23.1 Å². The van der Waals surface area contributed by atoms with E-state index in [-0.39, 0.29) is 42.8 Å². The number of sulfonamides is 1. The Balaban J connectivity index is 1.92. The molecule has 2 aromatic carbocycles. The zero-order valence-electron chi connectivity index (χ0n) is 23.0. The summed E-state index contributed by atoms with van der Waals surface area (Å²) < 4.78 is 34.0. The third-order valence-electron chi connectivity index (χ3n) is 6.67. The number of hydrogen-bond acceptors (Lipinski definition) is 7. The van der Waals surface area contributed by atoms with Crippen LogP contribution in [0.3, 0.4) is 0 Å². The van der Waals surface area contributed by atoms with Crippen LogP contribution in [-0.2, 0) is 26.0 Å². The minimum Gasteiger partial charge on any atom is -0.484 e. The number of hydrogen-bond donors (Lipinski definition) is 4. The molecule has 5 N–H and O–H groups in total. The summed E-state index contributed by atoms with van der Waals surface area (Å²) in [6.07, 6.45) is -0.415. The van der Waals surface area contributed by atoms with E-state index >= 15 is 0 Å². The molecule has 0 saturated heterocycles.